The van der Waals surface area contributed by atoms with Crippen LogP contribution in [0.1, 0.15) is 41.3 Å². The molecule has 1 aromatic heterocycles. The fourth-order valence-corrected chi connectivity index (χ4v) is 1.07. The van der Waals surface area contributed by atoms with E-state index in [1.54, 1.807) is 0 Å². The summed E-state index contributed by atoms with van der Waals surface area (Å²) in [6.45, 7) is 6.45. The van der Waals surface area contributed by atoms with E-state index in [4.69, 9.17) is 5.11 Å². The quantitative estimate of drug-likeness (QED) is 0.812. The van der Waals surface area contributed by atoms with Crippen molar-refractivity contribution in [1.82, 2.24) is 0 Å². The van der Waals surface area contributed by atoms with Crippen LogP contribution in [0.4, 0.5) is 13.2 Å². The van der Waals surface area contributed by atoms with E-state index in [0.29, 0.717) is 0 Å². The summed E-state index contributed by atoms with van der Waals surface area (Å²) in [5.74, 6) is -3.40. The summed E-state index contributed by atoms with van der Waals surface area (Å²) in [4.78, 5) is 10.5. The van der Waals surface area contributed by atoms with Crippen LogP contribution in [0.25, 0.3) is 0 Å². The number of hydrogen-bond donors (Lipinski definition) is 1. The molecule has 0 amide bonds. The van der Waals surface area contributed by atoms with Gasteiger partial charge in [0, 0.05) is 11.1 Å². The summed E-state index contributed by atoms with van der Waals surface area (Å²) in [5.41, 5.74) is -0.181. The number of hydrogen-bond acceptors (Lipinski definition) is 2. The predicted molar refractivity (Wildman–Crippen MR) is 51.5 cm³/mol. The standard InChI is InChI=1S/C8H7F3O3.C2H6/c1-3-4(2)6(8(9,10)11)14-5(3)7(12)13;1-2/h1-2H3,(H,12,13);1-2H3. The lowest BCUT2D eigenvalue weighted by molar-refractivity contribution is -0.153. The van der Waals surface area contributed by atoms with Gasteiger partial charge in [-0.2, -0.15) is 13.2 Å². The van der Waals surface area contributed by atoms with E-state index in [1.165, 1.54) is 13.8 Å². The first-order valence-corrected chi connectivity index (χ1v) is 4.65. The minimum Gasteiger partial charge on any atom is -0.475 e. The van der Waals surface area contributed by atoms with Gasteiger partial charge < -0.3 is 9.52 Å². The molecule has 1 heterocycles. The Labute approximate surface area is 90.9 Å². The maximum atomic E-state index is 12.2. The summed E-state index contributed by atoms with van der Waals surface area (Å²) in [7, 11) is 0. The fourth-order valence-electron chi connectivity index (χ4n) is 1.07. The van der Waals surface area contributed by atoms with Gasteiger partial charge in [0.2, 0.25) is 11.5 Å². The number of aromatic carboxylic acids is 1. The molecule has 6 heteroatoms. The fraction of sp³-hybridized carbons (Fsp3) is 0.500. The van der Waals surface area contributed by atoms with Crippen molar-refractivity contribution >= 4 is 5.97 Å². The van der Waals surface area contributed by atoms with Gasteiger partial charge in [0.15, 0.2) is 0 Å². The molecule has 16 heavy (non-hydrogen) atoms. The molecule has 0 spiro atoms. The second-order valence-corrected chi connectivity index (χ2v) is 2.81. The van der Waals surface area contributed by atoms with Gasteiger partial charge in [-0.05, 0) is 13.8 Å². The monoisotopic (exact) mass is 238 g/mol. The average Bonchev–Trinajstić information content (AvgIpc) is 2.46. The topological polar surface area (TPSA) is 50.4 Å². The molecule has 1 rings (SSSR count). The van der Waals surface area contributed by atoms with Crippen LogP contribution in [-0.4, -0.2) is 11.1 Å². The van der Waals surface area contributed by atoms with Crippen LogP contribution in [0.3, 0.4) is 0 Å². The third-order valence-corrected chi connectivity index (χ3v) is 1.90. The third kappa shape index (κ3) is 2.77. The van der Waals surface area contributed by atoms with Gasteiger partial charge in [-0.25, -0.2) is 4.79 Å². The second kappa shape index (κ2) is 5.05. The number of rotatable bonds is 1. The Morgan fingerprint density at radius 3 is 1.81 bits per heavy atom. The molecule has 0 saturated heterocycles. The summed E-state index contributed by atoms with van der Waals surface area (Å²) in [5, 5.41) is 8.51. The van der Waals surface area contributed by atoms with Crippen LogP contribution in [0, 0.1) is 13.8 Å². The molecule has 0 radical (unpaired) electrons. The molecule has 0 aliphatic rings. The van der Waals surface area contributed by atoms with E-state index in [1.807, 2.05) is 13.8 Å². The molecule has 0 fully saturated rings. The van der Waals surface area contributed by atoms with Gasteiger partial charge in [-0.1, -0.05) is 13.8 Å². The van der Waals surface area contributed by atoms with E-state index in [0.717, 1.165) is 0 Å². The minimum absolute atomic E-state index is 0.00447. The summed E-state index contributed by atoms with van der Waals surface area (Å²) in [6, 6.07) is 0. The van der Waals surface area contributed by atoms with Gasteiger partial charge in [-0.3, -0.25) is 0 Å². The highest BCUT2D eigenvalue weighted by molar-refractivity contribution is 5.86. The molecule has 1 N–H and O–H groups in total. The van der Waals surface area contributed by atoms with E-state index >= 15 is 0 Å². The molecule has 0 unspecified atom stereocenters. The number of carboxylic acids is 1. The van der Waals surface area contributed by atoms with E-state index in [2.05, 4.69) is 4.42 Å². The second-order valence-electron chi connectivity index (χ2n) is 2.81. The van der Waals surface area contributed by atoms with Crippen molar-refractivity contribution in [3.63, 3.8) is 0 Å². The van der Waals surface area contributed by atoms with Crippen LogP contribution >= 0.6 is 0 Å². The Morgan fingerprint density at radius 2 is 1.62 bits per heavy atom. The smallest absolute Gasteiger partial charge is 0.449 e. The first kappa shape index (κ1) is 14.5. The van der Waals surface area contributed by atoms with Crippen LogP contribution in [0.2, 0.25) is 0 Å². The van der Waals surface area contributed by atoms with Crippen molar-refractivity contribution < 1.29 is 27.5 Å². The summed E-state index contributed by atoms with van der Waals surface area (Å²) in [6.07, 6.45) is -4.65. The Balaban J connectivity index is 0.00000106. The molecule has 0 aromatic carbocycles. The van der Waals surface area contributed by atoms with Crippen molar-refractivity contribution in [2.45, 2.75) is 33.9 Å². The van der Waals surface area contributed by atoms with Gasteiger partial charge >= 0.3 is 12.1 Å². The SMILES string of the molecule is CC.Cc1c(C(=O)O)oc(C(F)(F)F)c1C. The maximum absolute atomic E-state index is 12.2. The molecule has 0 aliphatic heterocycles. The Bertz CT molecular complexity index is 377. The Hall–Kier alpha value is -1.46. The summed E-state index contributed by atoms with van der Waals surface area (Å²) < 4.78 is 40.9. The largest absolute Gasteiger partial charge is 0.475 e. The number of halogens is 3. The maximum Gasteiger partial charge on any atom is 0.449 e. The van der Waals surface area contributed by atoms with E-state index in [-0.39, 0.29) is 11.1 Å². The lowest BCUT2D eigenvalue weighted by Gasteiger charge is -2.02. The lowest BCUT2D eigenvalue weighted by Crippen LogP contribution is -2.04. The number of carbonyl (C=O) groups is 1. The molecule has 0 saturated carbocycles. The van der Waals surface area contributed by atoms with Gasteiger partial charge in [-0.15, -0.1) is 0 Å². The molecule has 0 bridgehead atoms. The first-order valence-electron chi connectivity index (χ1n) is 4.65. The van der Waals surface area contributed by atoms with Crippen molar-refractivity contribution in [2.24, 2.45) is 0 Å². The number of furan rings is 1. The van der Waals surface area contributed by atoms with Crippen molar-refractivity contribution in [3.8, 4) is 0 Å². The van der Waals surface area contributed by atoms with Gasteiger partial charge in [0.25, 0.3) is 0 Å². The van der Waals surface area contributed by atoms with Crippen LogP contribution in [-0.2, 0) is 6.18 Å². The third-order valence-electron chi connectivity index (χ3n) is 1.90. The number of carboxylic acid groups (broad SMARTS) is 1. The zero-order valence-corrected chi connectivity index (χ0v) is 9.40. The van der Waals surface area contributed by atoms with Crippen molar-refractivity contribution in [1.29, 1.82) is 0 Å². The van der Waals surface area contributed by atoms with E-state index in [9.17, 15) is 18.0 Å². The molecule has 0 atom stereocenters. The number of alkyl halides is 3. The Kier molecular flexibility index (Phi) is 4.59. The zero-order chi connectivity index (χ0) is 13.1. The molecule has 1 aromatic rings. The van der Waals surface area contributed by atoms with Gasteiger partial charge in [0.1, 0.15) is 0 Å². The molecule has 92 valence electrons. The predicted octanol–water partition coefficient (Wildman–Crippen LogP) is 3.64. The van der Waals surface area contributed by atoms with Gasteiger partial charge in [0.05, 0.1) is 0 Å². The normalized spacial score (nSPS) is 10.7. The first-order chi connectivity index (χ1) is 7.25. The Morgan fingerprint density at radius 1 is 1.19 bits per heavy atom. The highest BCUT2D eigenvalue weighted by atomic mass is 19.4. The molecule has 3 nitrogen and oxygen atoms in total. The highest BCUT2D eigenvalue weighted by Gasteiger charge is 2.39. The highest BCUT2D eigenvalue weighted by Crippen LogP contribution is 2.35. The molecule has 0 aliphatic carbocycles. The van der Waals surface area contributed by atoms with E-state index < -0.39 is 23.7 Å². The summed E-state index contributed by atoms with van der Waals surface area (Å²) >= 11 is 0. The van der Waals surface area contributed by atoms with Crippen LogP contribution in [0.15, 0.2) is 4.42 Å². The zero-order valence-electron chi connectivity index (χ0n) is 9.40. The van der Waals surface area contributed by atoms with Crippen molar-refractivity contribution in [2.75, 3.05) is 0 Å². The average molecular weight is 238 g/mol. The van der Waals surface area contributed by atoms with Crippen molar-refractivity contribution in [3.05, 3.63) is 22.6 Å². The molecular formula is C10H13F3O3. The lowest BCUT2D eigenvalue weighted by atomic mass is 10.1. The van der Waals surface area contributed by atoms with Crippen LogP contribution < -0.4 is 0 Å². The van der Waals surface area contributed by atoms with Crippen LogP contribution in [0.5, 0.6) is 0 Å². The minimum atomic E-state index is -4.65. The molecular weight excluding hydrogens is 225 g/mol.